The second kappa shape index (κ2) is 4.88. The Labute approximate surface area is 109 Å². The van der Waals surface area contributed by atoms with Crippen LogP contribution in [0.25, 0.3) is 0 Å². The van der Waals surface area contributed by atoms with Crippen molar-refractivity contribution in [3.05, 3.63) is 0 Å². The molecule has 2 N–H and O–H groups in total. The Morgan fingerprint density at radius 3 is 2.78 bits per heavy atom. The van der Waals surface area contributed by atoms with Crippen molar-refractivity contribution in [2.45, 2.75) is 38.6 Å². The van der Waals surface area contributed by atoms with Crippen molar-refractivity contribution in [2.24, 2.45) is 5.92 Å². The first-order valence-electron chi connectivity index (χ1n) is 6.82. The number of carbonyl (C=O) groups is 1. The van der Waals surface area contributed by atoms with E-state index >= 15 is 0 Å². The van der Waals surface area contributed by atoms with Gasteiger partial charge in [-0.2, -0.15) is 0 Å². The number of urea groups is 1. The lowest BCUT2D eigenvalue weighted by molar-refractivity contribution is 0.151. The molecule has 0 aromatic heterocycles. The molecule has 0 bridgehead atoms. The van der Waals surface area contributed by atoms with Crippen LogP contribution in [0.1, 0.15) is 33.1 Å². The number of likely N-dealkylation sites (tertiary alicyclic amines) is 1. The first-order valence-corrected chi connectivity index (χ1v) is 6.82. The SMILES string of the molecule is CC(C)CN1C(=O)NC(=N)C12CCCN(C)CC2. The maximum Gasteiger partial charge on any atom is 0.323 e. The molecule has 1 spiro atoms. The normalized spacial score (nSPS) is 30.1. The third-order valence-corrected chi connectivity index (χ3v) is 4.04. The number of hydrogen-bond acceptors (Lipinski definition) is 3. The molecule has 18 heavy (non-hydrogen) atoms. The summed E-state index contributed by atoms with van der Waals surface area (Å²) in [4.78, 5) is 16.2. The number of amidine groups is 1. The van der Waals surface area contributed by atoms with Crippen LogP contribution in [0.2, 0.25) is 0 Å². The third-order valence-electron chi connectivity index (χ3n) is 4.04. The Morgan fingerprint density at radius 1 is 1.39 bits per heavy atom. The van der Waals surface area contributed by atoms with Crippen LogP contribution < -0.4 is 5.32 Å². The largest absolute Gasteiger partial charge is 0.323 e. The molecule has 5 nitrogen and oxygen atoms in total. The van der Waals surface area contributed by atoms with Crippen LogP contribution in [-0.4, -0.2) is 53.9 Å². The Kier molecular flexibility index (Phi) is 3.61. The molecule has 0 aromatic rings. The molecule has 2 amide bonds. The lowest BCUT2D eigenvalue weighted by Gasteiger charge is -2.37. The van der Waals surface area contributed by atoms with Crippen LogP contribution >= 0.6 is 0 Å². The van der Waals surface area contributed by atoms with Crippen molar-refractivity contribution in [3.8, 4) is 0 Å². The molecule has 1 unspecified atom stereocenters. The fraction of sp³-hybridized carbons (Fsp3) is 0.846. The quantitative estimate of drug-likeness (QED) is 0.782. The van der Waals surface area contributed by atoms with Crippen molar-refractivity contribution >= 4 is 11.9 Å². The van der Waals surface area contributed by atoms with Gasteiger partial charge in [0.25, 0.3) is 0 Å². The van der Waals surface area contributed by atoms with Crippen LogP contribution in [0.15, 0.2) is 0 Å². The van der Waals surface area contributed by atoms with Gasteiger partial charge in [-0.3, -0.25) is 10.7 Å². The molecule has 2 rings (SSSR count). The molecule has 1 atom stereocenters. The minimum atomic E-state index is -0.369. The summed E-state index contributed by atoms with van der Waals surface area (Å²) in [5.74, 6) is 0.836. The zero-order chi connectivity index (χ0) is 13.3. The van der Waals surface area contributed by atoms with Gasteiger partial charge in [-0.1, -0.05) is 13.8 Å². The average molecular weight is 252 g/mol. The van der Waals surface area contributed by atoms with Gasteiger partial charge in [-0.15, -0.1) is 0 Å². The van der Waals surface area contributed by atoms with E-state index in [1.165, 1.54) is 0 Å². The van der Waals surface area contributed by atoms with E-state index in [0.29, 0.717) is 11.8 Å². The summed E-state index contributed by atoms with van der Waals surface area (Å²) in [6.07, 6.45) is 2.82. The summed E-state index contributed by atoms with van der Waals surface area (Å²) in [5.41, 5.74) is -0.369. The lowest BCUT2D eigenvalue weighted by atomic mass is 9.88. The molecule has 102 valence electrons. The summed E-state index contributed by atoms with van der Waals surface area (Å²) in [5, 5.41) is 10.9. The molecule has 2 saturated heterocycles. The van der Waals surface area contributed by atoms with E-state index in [1.54, 1.807) is 0 Å². The van der Waals surface area contributed by atoms with Gasteiger partial charge in [0.1, 0.15) is 11.4 Å². The number of carbonyl (C=O) groups excluding carboxylic acids is 1. The fourth-order valence-electron chi connectivity index (χ4n) is 3.02. The summed E-state index contributed by atoms with van der Waals surface area (Å²) in [7, 11) is 2.11. The van der Waals surface area contributed by atoms with Crippen LogP contribution in [0.3, 0.4) is 0 Å². The van der Waals surface area contributed by atoms with Gasteiger partial charge in [-0.25, -0.2) is 4.79 Å². The lowest BCUT2D eigenvalue weighted by Crippen LogP contribution is -2.51. The first kappa shape index (κ1) is 13.3. The van der Waals surface area contributed by atoms with Crippen molar-refractivity contribution in [2.75, 3.05) is 26.7 Å². The zero-order valence-electron chi connectivity index (χ0n) is 11.6. The fourth-order valence-corrected chi connectivity index (χ4v) is 3.02. The van der Waals surface area contributed by atoms with E-state index in [9.17, 15) is 4.79 Å². The molecule has 2 aliphatic heterocycles. The second-order valence-electron chi connectivity index (χ2n) is 6.00. The van der Waals surface area contributed by atoms with Gasteiger partial charge in [0, 0.05) is 13.1 Å². The van der Waals surface area contributed by atoms with Gasteiger partial charge in [0.15, 0.2) is 0 Å². The number of nitrogens with one attached hydrogen (secondary N) is 2. The number of hydrogen-bond donors (Lipinski definition) is 2. The Hall–Kier alpha value is -1.10. The van der Waals surface area contributed by atoms with Crippen LogP contribution in [0.5, 0.6) is 0 Å². The highest BCUT2D eigenvalue weighted by Crippen LogP contribution is 2.33. The molecule has 0 aliphatic carbocycles. The highest BCUT2D eigenvalue weighted by molar-refractivity contribution is 6.08. The van der Waals surface area contributed by atoms with Crippen molar-refractivity contribution in [3.63, 3.8) is 0 Å². The van der Waals surface area contributed by atoms with Crippen LogP contribution in [0.4, 0.5) is 4.79 Å². The molecule has 0 aromatic carbocycles. The Balaban J connectivity index is 2.25. The first-order chi connectivity index (χ1) is 8.45. The predicted octanol–water partition coefficient (Wildman–Crippen LogP) is 1.50. The van der Waals surface area contributed by atoms with Gasteiger partial charge >= 0.3 is 6.03 Å². The summed E-state index contributed by atoms with van der Waals surface area (Å²) >= 11 is 0. The minimum absolute atomic E-state index is 0.0850. The predicted molar refractivity (Wildman–Crippen MR) is 71.9 cm³/mol. The van der Waals surface area contributed by atoms with E-state index in [2.05, 4.69) is 31.1 Å². The van der Waals surface area contributed by atoms with E-state index in [1.807, 2.05) is 4.90 Å². The Bertz CT molecular complexity index is 355. The smallest absolute Gasteiger partial charge is 0.311 e. The molecular formula is C13H24N4O. The summed E-state index contributed by atoms with van der Waals surface area (Å²) < 4.78 is 0. The van der Waals surface area contributed by atoms with Gasteiger partial charge in [-0.05, 0) is 38.8 Å². The van der Waals surface area contributed by atoms with Crippen LogP contribution in [0, 0.1) is 11.3 Å². The van der Waals surface area contributed by atoms with Gasteiger partial charge in [0.2, 0.25) is 0 Å². The topological polar surface area (TPSA) is 59.4 Å². The molecule has 2 heterocycles. The number of rotatable bonds is 2. The van der Waals surface area contributed by atoms with Crippen molar-refractivity contribution < 1.29 is 4.79 Å². The molecule has 2 fully saturated rings. The zero-order valence-corrected chi connectivity index (χ0v) is 11.6. The highest BCUT2D eigenvalue weighted by Gasteiger charge is 2.50. The van der Waals surface area contributed by atoms with E-state index in [0.717, 1.165) is 38.9 Å². The highest BCUT2D eigenvalue weighted by atomic mass is 16.2. The molecule has 2 aliphatic rings. The standard InChI is InChI=1S/C13H24N4O/c1-10(2)9-17-12(18)15-11(14)13(17)5-4-7-16(3)8-6-13/h10H,4-9H2,1-3H3,(H2,14,15,18). The molecule has 0 radical (unpaired) electrons. The van der Waals surface area contributed by atoms with Crippen molar-refractivity contribution in [1.29, 1.82) is 5.41 Å². The maximum atomic E-state index is 12.0. The summed E-state index contributed by atoms with van der Waals surface area (Å²) in [6, 6.07) is -0.0850. The Morgan fingerprint density at radius 2 is 2.11 bits per heavy atom. The molecule has 5 heteroatoms. The monoisotopic (exact) mass is 252 g/mol. The number of amides is 2. The third kappa shape index (κ3) is 2.23. The number of nitrogens with zero attached hydrogens (tertiary/aromatic N) is 2. The second-order valence-corrected chi connectivity index (χ2v) is 6.00. The van der Waals surface area contributed by atoms with Crippen LogP contribution in [-0.2, 0) is 0 Å². The molecule has 0 saturated carbocycles. The van der Waals surface area contributed by atoms with Crippen molar-refractivity contribution in [1.82, 2.24) is 15.1 Å². The summed E-state index contributed by atoms with van der Waals surface area (Å²) in [6.45, 7) is 6.97. The molecular weight excluding hydrogens is 228 g/mol. The van der Waals surface area contributed by atoms with E-state index < -0.39 is 0 Å². The van der Waals surface area contributed by atoms with E-state index in [-0.39, 0.29) is 11.6 Å². The average Bonchev–Trinajstić information content (AvgIpc) is 2.45. The maximum absolute atomic E-state index is 12.0. The van der Waals surface area contributed by atoms with E-state index in [4.69, 9.17) is 5.41 Å². The minimum Gasteiger partial charge on any atom is -0.311 e. The van der Waals surface area contributed by atoms with Gasteiger partial charge in [0.05, 0.1) is 0 Å². The van der Waals surface area contributed by atoms with Gasteiger partial charge < -0.3 is 9.80 Å².